The number of carbonyl (C=O) groups excluding carboxylic acids is 1. The maximum Gasteiger partial charge on any atom is 0.294 e. The number of amides is 1. The van der Waals surface area contributed by atoms with Crippen molar-refractivity contribution >= 4 is 11.7 Å². The van der Waals surface area contributed by atoms with Crippen LogP contribution < -0.4 is 21.5 Å². The third-order valence-corrected chi connectivity index (χ3v) is 6.29. The molecule has 0 saturated heterocycles. The number of carbonyl (C=O) groups is 1. The molecule has 33 heavy (non-hydrogen) atoms. The molecule has 0 spiro atoms. The van der Waals surface area contributed by atoms with Gasteiger partial charge in [-0.1, -0.05) is 29.3 Å². The molecule has 2 aromatic heterocycles. The Morgan fingerprint density at radius 3 is 2.70 bits per heavy atom. The summed E-state index contributed by atoms with van der Waals surface area (Å²) in [5, 5.41) is 9.43. The van der Waals surface area contributed by atoms with Gasteiger partial charge in [-0.15, -0.1) is 0 Å². The summed E-state index contributed by atoms with van der Waals surface area (Å²) >= 11 is 0. The first kappa shape index (κ1) is 21.3. The van der Waals surface area contributed by atoms with Crippen molar-refractivity contribution < 1.29 is 4.79 Å². The Bertz CT molecular complexity index is 1260. The van der Waals surface area contributed by atoms with Gasteiger partial charge in [0.15, 0.2) is 5.82 Å². The van der Waals surface area contributed by atoms with Crippen LogP contribution in [-0.4, -0.2) is 20.4 Å². The minimum atomic E-state index is -0.527. The number of fused-ring (bicyclic) bond motifs is 2. The number of nitrogens with one attached hydrogen (secondary N) is 3. The van der Waals surface area contributed by atoms with Gasteiger partial charge in [-0.05, 0) is 49.4 Å². The van der Waals surface area contributed by atoms with E-state index in [1.165, 1.54) is 16.7 Å². The molecular formula is C25H28N6O2. The number of anilines is 1. The fourth-order valence-electron chi connectivity index (χ4n) is 4.79. The van der Waals surface area contributed by atoms with Gasteiger partial charge in [0.25, 0.3) is 5.56 Å². The van der Waals surface area contributed by atoms with Crippen LogP contribution >= 0.6 is 0 Å². The summed E-state index contributed by atoms with van der Waals surface area (Å²) in [6.45, 7) is 6.59. The molecule has 0 aliphatic carbocycles. The van der Waals surface area contributed by atoms with Crippen molar-refractivity contribution in [3.8, 4) is 0 Å². The van der Waals surface area contributed by atoms with Crippen LogP contribution in [-0.2, 0) is 37.4 Å². The molecule has 8 nitrogen and oxygen atoms in total. The van der Waals surface area contributed by atoms with E-state index in [4.69, 9.17) is 0 Å². The van der Waals surface area contributed by atoms with Gasteiger partial charge in [0.1, 0.15) is 6.04 Å². The monoisotopic (exact) mass is 444 g/mol. The molecule has 170 valence electrons. The summed E-state index contributed by atoms with van der Waals surface area (Å²) < 4.78 is 1.59. The number of pyridine rings is 1. The van der Waals surface area contributed by atoms with Gasteiger partial charge < -0.3 is 16.0 Å². The zero-order valence-corrected chi connectivity index (χ0v) is 18.9. The summed E-state index contributed by atoms with van der Waals surface area (Å²) in [7, 11) is 0. The van der Waals surface area contributed by atoms with Crippen LogP contribution in [0.2, 0.25) is 0 Å². The first-order valence-electron chi connectivity index (χ1n) is 11.3. The first-order chi connectivity index (χ1) is 16.0. The Morgan fingerprint density at radius 1 is 1.06 bits per heavy atom. The highest BCUT2D eigenvalue weighted by Gasteiger charge is 2.30. The first-order valence-corrected chi connectivity index (χ1v) is 11.3. The number of hydrogen-bond donors (Lipinski definition) is 3. The molecule has 2 aliphatic rings. The fraction of sp³-hybridized carbons (Fsp3) is 0.360. The number of rotatable bonds is 6. The number of aryl methyl sites for hydroxylation is 3. The van der Waals surface area contributed by atoms with E-state index in [9.17, 15) is 9.59 Å². The third kappa shape index (κ3) is 4.39. The second kappa shape index (κ2) is 8.78. The molecule has 3 aromatic rings. The molecule has 1 amide bonds. The molecule has 0 fully saturated rings. The average Bonchev–Trinajstić information content (AvgIpc) is 3.43. The number of nitrogens with zero attached hydrogens (tertiary/aromatic N) is 3. The van der Waals surface area contributed by atoms with Crippen LogP contribution in [0.4, 0.5) is 5.82 Å². The highest BCUT2D eigenvalue weighted by atomic mass is 16.2. The van der Waals surface area contributed by atoms with Crippen LogP contribution in [0.5, 0.6) is 0 Å². The Kier molecular flexibility index (Phi) is 5.68. The molecule has 4 heterocycles. The third-order valence-electron chi connectivity index (χ3n) is 6.29. The van der Waals surface area contributed by atoms with Gasteiger partial charge in [-0.25, -0.2) is 4.98 Å². The van der Waals surface area contributed by atoms with Crippen molar-refractivity contribution in [2.45, 2.75) is 58.9 Å². The maximum atomic E-state index is 13.2. The van der Waals surface area contributed by atoms with Gasteiger partial charge in [0.2, 0.25) is 5.91 Å². The Labute approximate surface area is 192 Å². The minimum Gasteiger partial charge on any atom is -0.361 e. The lowest BCUT2D eigenvalue weighted by molar-refractivity contribution is -0.124. The van der Waals surface area contributed by atoms with Crippen molar-refractivity contribution in [1.29, 1.82) is 0 Å². The SMILES string of the molecule is Cc1cc(C)cc(CNc2ncc3n(c2=O)C(C(=O)NCc2cnc4c(c2)CNC4)CC3)c1. The van der Waals surface area contributed by atoms with Crippen molar-refractivity contribution in [3.05, 3.63) is 86.2 Å². The summed E-state index contributed by atoms with van der Waals surface area (Å²) in [5.74, 6) is 0.119. The van der Waals surface area contributed by atoms with Gasteiger partial charge in [-0.2, -0.15) is 0 Å². The predicted molar refractivity (Wildman–Crippen MR) is 126 cm³/mol. The zero-order chi connectivity index (χ0) is 22.9. The maximum absolute atomic E-state index is 13.2. The van der Waals surface area contributed by atoms with Crippen molar-refractivity contribution in [2.75, 3.05) is 5.32 Å². The van der Waals surface area contributed by atoms with Crippen LogP contribution in [0.15, 0.2) is 41.5 Å². The van der Waals surface area contributed by atoms with Gasteiger partial charge in [0, 0.05) is 44.3 Å². The lowest BCUT2D eigenvalue weighted by Crippen LogP contribution is -2.36. The predicted octanol–water partition coefficient (Wildman–Crippen LogP) is 2.27. The summed E-state index contributed by atoms with van der Waals surface area (Å²) in [6.07, 6.45) is 4.76. The van der Waals surface area contributed by atoms with E-state index in [0.717, 1.165) is 35.6 Å². The van der Waals surface area contributed by atoms with E-state index in [1.807, 2.05) is 0 Å². The standard InChI is InChI=1S/C25H28N6O2/c1-15-5-16(2)7-17(6-15)9-28-23-25(33)31-20(13-29-23)3-4-22(31)24(32)30-11-18-8-19-12-26-14-21(19)27-10-18/h5-8,10,13,22,26H,3-4,9,11-12,14H2,1-2H3,(H,28,29)(H,30,32). The number of hydrogen-bond acceptors (Lipinski definition) is 6. The van der Waals surface area contributed by atoms with Crippen LogP contribution in [0.3, 0.4) is 0 Å². The van der Waals surface area contributed by atoms with E-state index < -0.39 is 6.04 Å². The Morgan fingerprint density at radius 2 is 1.88 bits per heavy atom. The van der Waals surface area contributed by atoms with Crippen molar-refractivity contribution in [3.63, 3.8) is 0 Å². The molecule has 3 N–H and O–H groups in total. The molecule has 0 radical (unpaired) electrons. The molecule has 0 bridgehead atoms. The van der Waals surface area contributed by atoms with Crippen LogP contribution in [0.25, 0.3) is 0 Å². The normalized spacial score (nSPS) is 16.4. The van der Waals surface area contributed by atoms with Gasteiger partial charge in [-0.3, -0.25) is 19.1 Å². The average molecular weight is 445 g/mol. The molecule has 1 aromatic carbocycles. The van der Waals surface area contributed by atoms with Crippen LogP contribution in [0.1, 0.15) is 51.7 Å². The summed E-state index contributed by atoms with van der Waals surface area (Å²) in [6, 6.07) is 7.85. The fourth-order valence-corrected chi connectivity index (χ4v) is 4.79. The Balaban J connectivity index is 1.29. The van der Waals surface area contributed by atoms with Gasteiger partial charge >= 0.3 is 0 Å². The second-order valence-electron chi connectivity index (χ2n) is 8.95. The smallest absolute Gasteiger partial charge is 0.294 e. The molecule has 1 unspecified atom stereocenters. The zero-order valence-electron chi connectivity index (χ0n) is 18.9. The molecule has 5 rings (SSSR count). The molecule has 1 atom stereocenters. The highest BCUT2D eigenvalue weighted by Crippen LogP contribution is 2.24. The van der Waals surface area contributed by atoms with E-state index >= 15 is 0 Å². The highest BCUT2D eigenvalue weighted by molar-refractivity contribution is 5.81. The lowest BCUT2D eigenvalue weighted by Gasteiger charge is -2.16. The largest absolute Gasteiger partial charge is 0.361 e. The number of benzene rings is 1. The van der Waals surface area contributed by atoms with E-state index in [1.54, 1.807) is 17.0 Å². The summed E-state index contributed by atoms with van der Waals surface area (Å²) in [5.41, 5.74) is 7.19. The lowest BCUT2D eigenvalue weighted by atomic mass is 10.1. The molecule has 8 heteroatoms. The summed E-state index contributed by atoms with van der Waals surface area (Å²) in [4.78, 5) is 35.0. The molecular weight excluding hydrogens is 416 g/mol. The van der Waals surface area contributed by atoms with Gasteiger partial charge in [0.05, 0.1) is 5.69 Å². The quantitative estimate of drug-likeness (QED) is 0.539. The van der Waals surface area contributed by atoms with E-state index in [0.29, 0.717) is 25.9 Å². The van der Waals surface area contributed by atoms with Crippen LogP contribution in [0, 0.1) is 13.8 Å². The molecule has 2 aliphatic heterocycles. The van der Waals surface area contributed by atoms with Crippen molar-refractivity contribution in [2.24, 2.45) is 0 Å². The second-order valence-corrected chi connectivity index (χ2v) is 8.95. The van der Waals surface area contributed by atoms with Crippen molar-refractivity contribution in [1.82, 2.24) is 25.2 Å². The topological polar surface area (TPSA) is 101 Å². The molecule has 0 saturated carbocycles. The van der Waals surface area contributed by atoms with E-state index in [-0.39, 0.29) is 17.3 Å². The number of aromatic nitrogens is 3. The van der Waals surface area contributed by atoms with E-state index in [2.05, 4.69) is 64.0 Å². The minimum absolute atomic E-state index is 0.152. The Hall–Kier alpha value is -3.52.